The van der Waals surface area contributed by atoms with Crippen molar-refractivity contribution in [2.24, 2.45) is 0 Å². The van der Waals surface area contributed by atoms with Gasteiger partial charge >= 0.3 is 6.03 Å². The molecule has 3 aromatic rings. The zero-order valence-corrected chi connectivity index (χ0v) is 26.5. The van der Waals surface area contributed by atoms with E-state index in [9.17, 15) is 9.18 Å². The number of nitrogens with one attached hydrogen (secondary N) is 1. The second-order valence-electron chi connectivity index (χ2n) is 12.3. The summed E-state index contributed by atoms with van der Waals surface area (Å²) in [6.45, 7) is 11.9. The van der Waals surface area contributed by atoms with Crippen LogP contribution in [0, 0.1) is 12.7 Å². The monoisotopic (exact) mass is 587 g/mol. The van der Waals surface area contributed by atoms with Crippen molar-refractivity contribution in [2.75, 3.05) is 31.7 Å². The van der Waals surface area contributed by atoms with Gasteiger partial charge in [0.15, 0.2) is 11.5 Å². The Bertz CT molecular complexity index is 1450. The third-order valence-electron chi connectivity index (χ3n) is 10.0. The van der Waals surface area contributed by atoms with Crippen molar-refractivity contribution in [3.63, 3.8) is 0 Å². The van der Waals surface area contributed by atoms with Crippen LogP contribution in [0.3, 0.4) is 0 Å². The van der Waals surface area contributed by atoms with Gasteiger partial charge in [-0.05, 0) is 95.2 Å². The van der Waals surface area contributed by atoms with Crippen LogP contribution >= 0.6 is 0 Å². The molecule has 0 radical (unpaired) electrons. The lowest BCUT2D eigenvalue weighted by Crippen LogP contribution is -2.55. The normalized spacial score (nSPS) is 23.1. The fraction of sp³-hybridized carbons (Fsp3) is 0.472. The smallest absolute Gasteiger partial charge is 0.318 e. The maximum absolute atomic E-state index is 14.6. The Morgan fingerprint density at radius 3 is 2.30 bits per heavy atom. The largest absolute Gasteiger partial charge is 0.490 e. The van der Waals surface area contributed by atoms with Crippen molar-refractivity contribution < 1.29 is 18.7 Å². The first-order valence-electron chi connectivity index (χ1n) is 15.7. The van der Waals surface area contributed by atoms with E-state index in [1.165, 1.54) is 11.6 Å². The molecule has 0 bridgehead atoms. The van der Waals surface area contributed by atoms with E-state index in [2.05, 4.69) is 62.3 Å². The summed E-state index contributed by atoms with van der Waals surface area (Å²) >= 11 is 0. The molecule has 5 rings (SSSR count). The first kappa shape index (κ1) is 30.7. The van der Waals surface area contributed by atoms with E-state index in [1.54, 1.807) is 12.1 Å². The van der Waals surface area contributed by atoms with Crippen LogP contribution in [0.2, 0.25) is 0 Å². The molecule has 1 saturated carbocycles. The van der Waals surface area contributed by atoms with Gasteiger partial charge in [-0.25, -0.2) is 9.18 Å². The Morgan fingerprint density at radius 2 is 1.65 bits per heavy atom. The summed E-state index contributed by atoms with van der Waals surface area (Å²) in [7, 11) is 2.12. The predicted octanol–water partition coefficient (Wildman–Crippen LogP) is 7.93. The van der Waals surface area contributed by atoms with Crippen LogP contribution in [0.4, 0.5) is 14.9 Å². The molecular formula is C36H46FN3O3. The first-order chi connectivity index (χ1) is 20.6. The van der Waals surface area contributed by atoms with Crippen molar-refractivity contribution in [1.82, 2.24) is 10.2 Å². The molecule has 1 atom stereocenters. The molecule has 1 aliphatic heterocycles. The second kappa shape index (κ2) is 12.1. The van der Waals surface area contributed by atoms with E-state index in [-0.39, 0.29) is 17.4 Å². The maximum Gasteiger partial charge on any atom is 0.318 e. The average Bonchev–Trinajstić information content (AvgIpc) is 3.34. The maximum atomic E-state index is 14.6. The van der Waals surface area contributed by atoms with E-state index in [1.807, 2.05) is 43.0 Å². The highest BCUT2D eigenvalue weighted by molar-refractivity contribution is 5.79. The van der Waals surface area contributed by atoms with Gasteiger partial charge in [0.2, 0.25) is 0 Å². The standard InChI is InChI=1S/C36H46FN3O3/c1-7-34(5,29-17-13-19-31(42-8-2)32(29)43-9-3)40-25-35(38-33(40)41)20-22-36(23-21-35,27-15-12-16-28(37)24-27)39(6)30-18-11-10-14-26(30)4/h10-19,24H,7-9,20-23,25H2,1-6H3,(H,38,41). The fourth-order valence-electron chi connectivity index (χ4n) is 7.33. The molecule has 2 amide bonds. The van der Waals surface area contributed by atoms with Crippen molar-refractivity contribution >= 4 is 11.7 Å². The summed E-state index contributed by atoms with van der Waals surface area (Å²) in [6, 6.07) is 21.3. The van der Waals surface area contributed by atoms with Crippen LogP contribution < -0.4 is 19.7 Å². The number of hydrogen-bond acceptors (Lipinski definition) is 4. The van der Waals surface area contributed by atoms with Crippen LogP contribution in [-0.4, -0.2) is 43.3 Å². The van der Waals surface area contributed by atoms with E-state index >= 15 is 0 Å². The molecule has 43 heavy (non-hydrogen) atoms. The van der Waals surface area contributed by atoms with Crippen molar-refractivity contribution in [3.8, 4) is 11.5 Å². The number of benzene rings is 3. The summed E-state index contributed by atoms with van der Waals surface area (Å²) in [5, 5.41) is 3.43. The topological polar surface area (TPSA) is 54.0 Å². The predicted molar refractivity (Wildman–Crippen MR) is 171 cm³/mol. The fourth-order valence-corrected chi connectivity index (χ4v) is 7.33. The minimum atomic E-state index is -0.597. The minimum absolute atomic E-state index is 0.0564. The van der Waals surface area contributed by atoms with Crippen LogP contribution in [0.25, 0.3) is 0 Å². The second-order valence-corrected chi connectivity index (χ2v) is 12.3. The van der Waals surface area contributed by atoms with Gasteiger partial charge in [0, 0.05) is 24.8 Å². The lowest BCUT2D eigenvalue weighted by Gasteiger charge is -2.51. The zero-order valence-electron chi connectivity index (χ0n) is 26.5. The number of hydrogen-bond donors (Lipinski definition) is 1. The number of rotatable bonds is 10. The Kier molecular flexibility index (Phi) is 8.64. The molecule has 230 valence electrons. The van der Waals surface area contributed by atoms with Crippen molar-refractivity contribution in [1.29, 1.82) is 0 Å². The molecule has 1 unspecified atom stereocenters. The molecule has 7 heteroatoms. The van der Waals surface area contributed by atoms with E-state index < -0.39 is 11.1 Å². The third kappa shape index (κ3) is 5.43. The minimum Gasteiger partial charge on any atom is -0.490 e. The number of carbonyl (C=O) groups excluding carboxylic acids is 1. The molecule has 1 saturated heterocycles. The van der Waals surface area contributed by atoms with Crippen LogP contribution in [0.15, 0.2) is 66.7 Å². The van der Waals surface area contributed by atoms with Crippen LogP contribution in [-0.2, 0) is 11.1 Å². The summed E-state index contributed by atoms with van der Waals surface area (Å²) < 4.78 is 26.7. The van der Waals surface area contributed by atoms with Gasteiger partial charge < -0.3 is 24.6 Å². The van der Waals surface area contributed by atoms with Crippen LogP contribution in [0.1, 0.15) is 76.5 Å². The summed E-state index contributed by atoms with van der Waals surface area (Å²) in [4.78, 5) is 18.2. The summed E-state index contributed by atoms with van der Waals surface area (Å²) in [5.74, 6) is 1.18. The Hall–Kier alpha value is -3.74. The molecule has 2 fully saturated rings. The molecule has 1 aliphatic carbocycles. The zero-order chi connectivity index (χ0) is 30.8. The van der Waals surface area contributed by atoms with E-state index in [0.29, 0.717) is 31.3 Å². The Balaban J connectivity index is 1.47. The number of ether oxygens (including phenoxy) is 2. The Labute approximate surface area is 256 Å². The van der Waals surface area contributed by atoms with Crippen LogP contribution in [0.5, 0.6) is 11.5 Å². The summed E-state index contributed by atoms with van der Waals surface area (Å²) in [6.07, 6.45) is 3.83. The quantitative estimate of drug-likeness (QED) is 0.262. The molecule has 3 aromatic carbocycles. The molecular weight excluding hydrogens is 541 g/mol. The molecule has 1 heterocycles. The molecule has 2 aliphatic rings. The number of aryl methyl sites for hydroxylation is 1. The number of anilines is 1. The van der Waals surface area contributed by atoms with Crippen molar-refractivity contribution in [3.05, 3.63) is 89.2 Å². The number of urea groups is 1. The third-order valence-corrected chi connectivity index (χ3v) is 10.0. The van der Waals surface area contributed by atoms with E-state index in [4.69, 9.17) is 9.47 Å². The van der Waals surface area contributed by atoms with Crippen molar-refractivity contribution in [2.45, 2.75) is 83.3 Å². The van der Waals surface area contributed by atoms with Gasteiger partial charge in [-0.1, -0.05) is 49.4 Å². The number of amides is 2. The van der Waals surface area contributed by atoms with Gasteiger partial charge in [0.05, 0.1) is 29.8 Å². The highest BCUT2D eigenvalue weighted by Crippen LogP contribution is 2.51. The molecule has 0 aromatic heterocycles. The number of carbonyl (C=O) groups is 1. The van der Waals surface area contributed by atoms with Gasteiger partial charge in [0.25, 0.3) is 0 Å². The average molecular weight is 588 g/mol. The highest BCUT2D eigenvalue weighted by Gasteiger charge is 2.54. The molecule has 6 nitrogen and oxygen atoms in total. The molecule has 1 spiro atoms. The lowest BCUT2D eigenvalue weighted by molar-refractivity contribution is 0.117. The first-order valence-corrected chi connectivity index (χ1v) is 15.7. The van der Waals surface area contributed by atoms with E-state index in [0.717, 1.165) is 48.9 Å². The van der Waals surface area contributed by atoms with Gasteiger partial charge in [-0.2, -0.15) is 0 Å². The van der Waals surface area contributed by atoms with Gasteiger partial charge in [0.1, 0.15) is 5.82 Å². The van der Waals surface area contributed by atoms with Gasteiger partial charge in [-0.15, -0.1) is 0 Å². The van der Waals surface area contributed by atoms with Gasteiger partial charge in [-0.3, -0.25) is 0 Å². The highest BCUT2D eigenvalue weighted by atomic mass is 19.1. The summed E-state index contributed by atoms with van der Waals surface area (Å²) in [5.41, 5.74) is 2.87. The number of para-hydroxylation sites is 2. The SMILES string of the molecule is CCOc1cccc(C(C)(CC)N2CC3(CCC(c4cccc(F)c4)(N(C)c4ccccc4C)CC3)NC2=O)c1OCC. The lowest BCUT2D eigenvalue weighted by atomic mass is 9.68. The number of halogens is 1. The molecule has 1 N–H and O–H groups in total. The number of nitrogens with zero attached hydrogens (tertiary/aromatic N) is 2. The Morgan fingerprint density at radius 1 is 0.953 bits per heavy atom.